The van der Waals surface area contributed by atoms with Crippen LogP contribution in [-0.4, -0.2) is 0 Å². The van der Waals surface area contributed by atoms with Crippen LogP contribution in [0.1, 0.15) is 25.0 Å². The van der Waals surface area contributed by atoms with Crippen LogP contribution in [-0.2, 0) is 9.98 Å². The molecule has 0 saturated carbocycles. The van der Waals surface area contributed by atoms with Gasteiger partial charge >= 0.3 is 0 Å². The highest BCUT2D eigenvalue weighted by Gasteiger charge is 2.38. The number of hydrogen-bond donors (Lipinski definition) is 0. The standard InChI is InChI=1S/C49H35OP/c1-49(2)45-30-35(48-43-27-23-32-13-9-11-19-39(32)44(43)29-34-22-21-33-14-10-12-20-40(33)47(34)48)24-26-41(45)42-28-25-38(31-46(42)49)51(50,36-15-5-3-6-16-36)37-17-7-4-8-18-37/h3-31H,1-2H3. The molecular weight excluding hydrogens is 636 g/mol. The van der Waals surface area contributed by atoms with Crippen LogP contribution in [0.25, 0.3) is 65.3 Å². The van der Waals surface area contributed by atoms with Gasteiger partial charge in [-0.15, -0.1) is 0 Å². The molecule has 1 aliphatic rings. The lowest BCUT2D eigenvalue weighted by Crippen LogP contribution is -2.26. The molecule has 9 aromatic carbocycles. The van der Waals surface area contributed by atoms with Crippen molar-refractivity contribution in [1.82, 2.24) is 0 Å². The van der Waals surface area contributed by atoms with Crippen LogP contribution in [0.4, 0.5) is 0 Å². The summed E-state index contributed by atoms with van der Waals surface area (Å²) in [5.41, 5.74) is 7.18. The number of fused-ring (bicyclic) bond motifs is 9. The minimum atomic E-state index is -3.12. The summed E-state index contributed by atoms with van der Waals surface area (Å²) < 4.78 is 15.4. The van der Waals surface area contributed by atoms with Crippen LogP contribution in [0, 0.1) is 0 Å². The SMILES string of the molecule is CC1(C)c2cc(-c3c4ccc5ccccc5c4cc4ccc5ccccc5c34)ccc2-c2ccc(P(=O)(c3ccccc3)c3ccccc3)cc21. The fraction of sp³-hybridized carbons (Fsp3) is 0.0612. The predicted molar refractivity (Wildman–Crippen MR) is 219 cm³/mol. The van der Waals surface area contributed by atoms with E-state index in [1.54, 1.807) is 0 Å². The molecule has 0 amide bonds. The van der Waals surface area contributed by atoms with Crippen molar-refractivity contribution in [3.8, 4) is 22.3 Å². The average molecular weight is 671 g/mol. The summed E-state index contributed by atoms with van der Waals surface area (Å²) in [5, 5.41) is 12.7. The summed E-state index contributed by atoms with van der Waals surface area (Å²) in [4.78, 5) is 0. The van der Waals surface area contributed by atoms with Crippen LogP contribution < -0.4 is 15.9 Å². The van der Waals surface area contributed by atoms with E-state index in [0.717, 1.165) is 15.9 Å². The highest BCUT2D eigenvalue weighted by Crippen LogP contribution is 2.53. The lowest BCUT2D eigenvalue weighted by atomic mass is 9.80. The van der Waals surface area contributed by atoms with Gasteiger partial charge in [-0.05, 0) is 94.7 Å². The van der Waals surface area contributed by atoms with Crippen LogP contribution in [0.3, 0.4) is 0 Å². The Hall–Kier alpha value is -5.75. The van der Waals surface area contributed by atoms with Gasteiger partial charge in [0.15, 0.2) is 7.14 Å². The van der Waals surface area contributed by atoms with Crippen LogP contribution in [0.15, 0.2) is 176 Å². The van der Waals surface area contributed by atoms with Gasteiger partial charge in [0.1, 0.15) is 0 Å². The number of rotatable bonds is 4. The summed E-state index contributed by atoms with van der Waals surface area (Å²) in [6.07, 6.45) is 0. The van der Waals surface area contributed by atoms with E-state index in [4.69, 9.17) is 0 Å². The van der Waals surface area contributed by atoms with E-state index in [2.05, 4.69) is 129 Å². The van der Waals surface area contributed by atoms with Gasteiger partial charge < -0.3 is 4.57 Å². The quantitative estimate of drug-likeness (QED) is 0.103. The normalized spacial score (nSPS) is 13.5. The molecule has 242 valence electrons. The summed E-state index contributed by atoms with van der Waals surface area (Å²) in [6.45, 7) is 4.65. The lowest BCUT2D eigenvalue weighted by molar-refractivity contribution is 0.592. The van der Waals surface area contributed by atoms with E-state index < -0.39 is 7.14 Å². The molecule has 0 bridgehead atoms. The van der Waals surface area contributed by atoms with Crippen molar-refractivity contribution in [2.75, 3.05) is 0 Å². The molecule has 0 fully saturated rings. The van der Waals surface area contributed by atoms with Gasteiger partial charge in [0, 0.05) is 21.3 Å². The first-order valence-electron chi connectivity index (χ1n) is 17.7. The summed E-state index contributed by atoms with van der Waals surface area (Å²) >= 11 is 0. The molecule has 0 saturated heterocycles. The predicted octanol–water partition coefficient (Wildman–Crippen LogP) is 11.9. The van der Waals surface area contributed by atoms with E-state index in [1.165, 1.54) is 76.5 Å². The van der Waals surface area contributed by atoms with Crippen molar-refractivity contribution in [3.05, 3.63) is 187 Å². The average Bonchev–Trinajstić information content (AvgIpc) is 3.42. The third kappa shape index (κ3) is 4.38. The molecule has 51 heavy (non-hydrogen) atoms. The molecule has 0 spiro atoms. The van der Waals surface area contributed by atoms with Crippen molar-refractivity contribution in [3.63, 3.8) is 0 Å². The van der Waals surface area contributed by atoms with Crippen molar-refractivity contribution >= 4 is 66.1 Å². The molecular formula is C49H35OP. The number of benzene rings is 9. The molecule has 0 radical (unpaired) electrons. The maximum absolute atomic E-state index is 15.4. The Morgan fingerprint density at radius 3 is 1.67 bits per heavy atom. The zero-order chi connectivity index (χ0) is 34.3. The second kappa shape index (κ2) is 11.1. The Balaban J connectivity index is 1.21. The zero-order valence-corrected chi connectivity index (χ0v) is 29.5. The van der Waals surface area contributed by atoms with Crippen LogP contribution >= 0.6 is 7.14 Å². The maximum Gasteiger partial charge on any atom is 0.171 e. The molecule has 0 aromatic heterocycles. The minimum absolute atomic E-state index is 0.302. The molecule has 0 atom stereocenters. The smallest absolute Gasteiger partial charge is 0.171 e. The second-order valence-corrected chi connectivity index (χ2v) is 17.2. The fourth-order valence-corrected chi connectivity index (χ4v) is 11.4. The van der Waals surface area contributed by atoms with Gasteiger partial charge in [-0.25, -0.2) is 0 Å². The van der Waals surface area contributed by atoms with Crippen molar-refractivity contribution in [1.29, 1.82) is 0 Å². The molecule has 1 aliphatic carbocycles. The van der Waals surface area contributed by atoms with Gasteiger partial charge in [-0.2, -0.15) is 0 Å². The molecule has 1 nitrogen and oxygen atoms in total. The van der Waals surface area contributed by atoms with Crippen molar-refractivity contribution in [2.45, 2.75) is 19.3 Å². The molecule has 0 unspecified atom stereocenters. The van der Waals surface area contributed by atoms with Gasteiger partial charge in [-0.1, -0.05) is 172 Å². The van der Waals surface area contributed by atoms with Gasteiger partial charge in [0.05, 0.1) is 0 Å². The first-order chi connectivity index (χ1) is 24.9. The van der Waals surface area contributed by atoms with Crippen LogP contribution in [0.5, 0.6) is 0 Å². The molecule has 0 N–H and O–H groups in total. The summed E-state index contributed by atoms with van der Waals surface area (Å²) in [5.74, 6) is 0. The van der Waals surface area contributed by atoms with E-state index in [-0.39, 0.29) is 5.41 Å². The minimum Gasteiger partial charge on any atom is -0.309 e. The Labute approximate surface area is 298 Å². The third-order valence-corrected chi connectivity index (χ3v) is 14.4. The highest BCUT2D eigenvalue weighted by atomic mass is 31.2. The summed E-state index contributed by atoms with van der Waals surface area (Å²) in [6, 6.07) is 62.6. The summed E-state index contributed by atoms with van der Waals surface area (Å²) in [7, 11) is -3.12. The Bertz CT molecular complexity index is 2860. The first-order valence-corrected chi connectivity index (χ1v) is 19.4. The van der Waals surface area contributed by atoms with Crippen molar-refractivity contribution < 1.29 is 4.57 Å². The lowest BCUT2D eigenvalue weighted by Gasteiger charge is -2.25. The Morgan fingerprint density at radius 1 is 0.412 bits per heavy atom. The van der Waals surface area contributed by atoms with Gasteiger partial charge in [-0.3, -0.25) is 0 Å². The van der Waals surface area contributed by atoms with Crippen molar-refractivity contribution in [2.24, 2.45) is 0 Å². The zero-order valence-electron chi connectivity index (χ0n) is 28.6. The second-order valence-electron chi connectivity index (χ2n) is 14.4. The van der Waals surface area contributed by atoms with E-state index in [9.17, 15) is 0 Å². The molecule has 0 aliphatic heterocycles. The molecule has 10 rings (SSSR count). The highest BCUT2D eigenvalue weighted by molar-refractivity contribution is 7.85. The van der Waals surface area contributed by atoms with E-state index in [0.29, 0.717) is 0 Å². The molecule has 0 heterocycles. The fourth-order valence-electron chi connectivity index (χ4n) is 8.75. The topological polar surface area (TPSA) is 17.1 Å². The van der Waals surface area contributed by atoms with E-state index >= 15 is 4.57 Å². The Morgan fingerprint density at radius 2 is 0.961 bits per heavy atom. The van der Waals surface area contributed by atoms with Gasteiger partial charge in [0.2, 0.25) is 0 Å². The largest absolute Gasteiger partial charge is 0.309 e. The van der Waals surface area contributed by atoms with Gasteiger partial charge in [0.25, 0.3) is 0 Å². The molecule has 2 heteroatoms. The van der Waals surface area contributed by atoms with Crippen LogP contribution in [0.2, 0.25) is 0 Å². The monoisotopic (exact) mass is 670 g/mol. The van der Waals surface area contributed by atoms with E-state index in [1.807, 2.05) is 60.7 Å². The first kappa shape index (κ1) is 30.1. The maximum atomic E-state index is 15.4. The third-order valence-electron chi connectivity index (χ3n) is 11.3. The molecule has 9 aromatic rings. The number of hydrogen-bond acceptors (Lipinski definition) is 1. The Kier molecular flexibility index (Phi) is 6.57.